The maximum atomic E-state index is 11.6. The normalized spacial score (nSPS) is 19.1. The summed E-state index contributed by atoms with van der Waals surface area (Å²) in [6.07, 6.45) is 0. The van der Waals surface area contributed by atoms with E-state index in [1.807, 2.05) is 0 Å². The Morgan fingerprint density at radius 1 is 1.47 bits per heavy atom. The fraction of sp³-hybridized carbons (Fsp3) is 0.909. The predicted octanol–water partition coefficient (Wildman–Crippen LogP) is -0.0918. The highest BCUT2D eigenvalue weighted by Crippen LogP contribution is 2.07. The van der Waals surface area contributed by atoms with Gasteiger partial charge in [0.25, 0.3) is 0 Å². The van der Waals surface area contributed by atoms with Crippen LogP contribution in [0.4, 0.5) is 0 Å². The van der Waals surface area contributed by atoms with Crippen LogP contribution in [0.5, 0.6) is 0 Å². The quantitative estimate of drug-likeness (QED) is 0.671. The number of nitrogens with zero attached hydrogens (tertiary/aromatic N) is 1. The lowest BCUT2D eigenvalue weighted by Crippen LogP contribution is -2.53. The lowest BCUT2D eigenvalue weighted by Gasteiger charge is -2.30. The van der Waals surface area contributed by atoms with Crippen LogP contribution in [0.1, 0.15) is 13.8 Å². The average molecular weight is 213 g/mol. The third-order valence-electron chi connectivity index (χ3n) is 3.07. The largest absolute Gasteiger partial charge is 0.354 e. The molecule has 4 nitrogen and oxygen atoms in total. The molecule has 1 aliphatic heterocycles. The molecule has 0 aliphatic carbocycles. The highest BCUT2D eigenvalue weighted by molar-refractivity contribution is 5.80. The zero-order valence-corrected chi connectivity index (χ0v) is 10.2. The molecule has 88 valence electrons. The first kappa shape index (κ1) is 12.5. The second kappa shape index (κ2) is 5.47. The third-order valence-corrected chi connectivity index (χ3v) is 3.07. The van der Waals surface area contributed by atoms with Crippen LogP contribution < -0.4 is 10.6 Å². The molecule has 1 rings (SSSR count). The number of rotatable bonds is 5. The molecule has 15 heavy (non-hydrogen) atoms. The zero-order chi connectivity index (χ0) is 11.4. The van der Waals surface area contributed by atoms with Gasteiger partial charge in [-0.15, -0.1) is 0 Å². The van der Waals surface area contributed by atoms with Gasteiger partial charge in [0.1, 0.15) is 0 Å². The first-order valence-electron chi connectivity index (χ1n) is 5.67. The van der Waals surface area contributed by atoms with Crippen molar-refractivity contribution in [2.24, 2.45) is 11.8 Å². The minimum Gasteiger partial charge on any atom is -0.354 e. The van der Waals surface area contributed by atoms with Gasteiger partial charge in [0.2, 0.25) is 5.91 Å². The van der Waals surface area contributed by atoms with Crippen molar-refractivity contribution in [2.75, 3.05) is 33.7 Å². The monoisotopic (exact) mass is 213 g/mol. The Kier molecular flexibility index (Phi) is 4.54. The molecule has 1 heterocycles. The molecular formula is C11H23N3O. The van der Waals surface area contributed by atoms with Crippen LogP contribution in [0.3, 0.4) is 0 Å². The summed E-state index contributed by atoms with van der Waals surface area (Å²) in [5, 5.41) is 6.13. The lowest BCUT2D eigenvalue weighted by molar-refractivity contribution is -0.126. The highest BCUT2D eigenvalue weighted by atomic mass is 16.2. The van der Waals surface area contributed by atoms with Crippen LogP contribution in [0.2, 0.25) is 0 Å². The van der Waals surface area contributed by atoms with Crippen LogP contribution in [0.15, 0.2) is 0 Å². The van der Waals surface area contributed by atoms with Crippen LogP contribution in [0.25, 0.3) is 0 Å². The molecule has 0 radical (unpaired) electrons. The van der Waals surface area contributed by atoms with Crippen LogP contribution >= 0.6 is 0 Å². The number of hydrogen-bond acceptors (Lipinski definition) is 3. The van der Waals surface area contributed by atoms with Gasteiger partial charge in [0.05, 0.1) is 5.92 Å². The fourth-order valence-electron chi connectivity index (χ4n) is 1.84. The number of carbonyl (C=O) groups excluding carboxylic acids is 1. The Morgan fingerprint density at radius 2 is 2.07 bits per heavy atom. The first-order chi connectivity index (χ1) is 7.02. The fourth-order valence-corrected chi connectivity index (χ4v) is 1.84. The second-order valence-corrected chi connectivity index (χ2v) is 4.88. The molecule has 1 atom stereocenters. The smallest absolute Gasteiger partial charge is 0.225 e. The number of nitrogens with one attached hydrogen (secondary N) is 2. The van der Waals surface area contributed by atoms with E-state index < -0.39 is 0 Å². The molecule has 0 aromatic heterocycles. The van der Waals surface area contributed by atoms with Crippen molar-refractivity contribution in [3.63, 3.8) is 0 Å². The average Bonchev–Trinajstić information content (AvgIpc) is 1.99. The van der Waals surface area contributed by atoms with E-state index in [0.29, 0.717) is 12.0 Å². The van der Waals surface area contributed by atoms with Crippen molar-refractivity contribution in [3.05, 3.63) is 0 Å². The summed E-state index contributed by atoms with van der Waals surface area (Å²) in [7, 11) is 4.11. The van der Waals surface area contributed by atoms with Gasteiger partial charge in [-0.25, -0.2) is 0 Å². The molecule has 4 heteroatoms. The Bertz CT molecular complexity index is 204. The molecule has 1 saturated heterocycles. The van der Waals surface area contributed by atoms with E-state index >= 15 is 0 Å². The Morgan fingerprint density at radius 3 is 2.40 bits per heavy atom. The van der Waals surface area contributed by atoms with Gasteiger partial charge in [-0.05, 0) is 20.0 Å². The van der Waals surface area contributed by atoms with Gasteiger partial charge in [0.15, 0.2) is 0 Å². The summed E-state index contributed by atoms with van der Waals surface area (Å²) in [5.41, 5.74) is 0. The van der Waals surface area contributed by atoms with E-state index in [1.165, 1.54) is 0 Å². The van der Waals surface area contributed by atoms with Gasteiger partial charge in [-0.1, -0.05) is 13.8 Å². The summed E-state index contributed by atoms with van der Waals surface area (Å²) in [6.45, 7) is 6.78. The van der Waals surface area contributed by atoms with E-state index in [0.717, 1.165) is 19.6 Å². The summed E-state index contributed by atoms with van der Waals surface area (Å²) < 4.78 is 0. The molecule has 0 bridgehead atoms. The summed E-state index contributed by atoms with van der Waals surface area (Å²) >= 11 is 0. The summed E-state index contributed by atoms with van der Waals surface area (Å²) in [5.74, 6) is 0.945. The van der Waals surface area contributed by atoms with Crippen molar-refractivity contribution in [1.29, 1.82) is 0 Å². The first-order valence-corrected chi connectivity index (χ1v) is 5.67. The highest BCUT2D eigenvalue weighted by Gasteiger charge is 2.25. The van der Waals surface area contributed by atoms with Gasteiger partial charge in [-0.3, -0.25) is 4.79 Å². The molecular weight excluding hydrogens is 190 g/mol. The maximum absolute atomic E-state index is 11.6. The van der Waals surface area contributed by atoms with E-state index in [9.17, 15) is 4.79 Å². The SMILES string of the molecule is CC(C)C(CNC(=O)C1CNC1)N(C)C. The Labute approximate surface area is 92.4 Å². The number of hydrogen-bond donors (Lipinski definition) is 2. The standard InChI is InChI=1S/C11H23N3O/c1-8(2)10(14(3)4)7-13-11(15)9-5-12-6-9/h8-10,12H,5-7H2,1-4H3,(H,13,15). The van der Waals surface area contributed by atoms with E-state index in [1.54, 1.807) is 0 Å². The lowest BCUT2D eigenvalue weighted by atomic mass is 10.0. The van der Waals surface area contributed by atoms with Crippen LogP contribution in [-0.2, 0) is 4.79 Å². The van der Waals surface area contributed by atoms with Crippen molar-refractivity contribution >= 4 is 5.91 Å². The van der Waals surface area contributed by atoms with Crippen molar-refractivity contribution in [1.82, 2.24) is 15.5 Å². The van der Waals surface area contributed by atoms with Crippen LogP contribution in [0, 0.1) is 11.8 Å². The van der Waals surface area contributed by atoms with Crippen molar-refractivity contribution < 1.29 is 4.79 Å². The molecule has 2 N–H and O–H groups in total. The predicted molar refractivity (Wildman–Crippen MR) is 61.7 cm³/mol. The van der Waals surface area contributed by atoms with Crippen molar-refractivity contribution in [2.45, 2.75) is 19.9 Å². The van der Waals surface area contributed by atoms with E-state index in [-0.39, 0.29) is 11.8 Å². The molecule has 0 aromatic carbocycles. The summed E-state index contributed by atoms with van der Waals surface area (Å²) in [4.78, 5) is 13.8. The minimum absolute atomic E-state index is 0.194. The van der Waals surface area contributed by atoms with Gasteiger partial charge in [-0.2, -0.15) is 0 Å². The van der Waals surface area contributed by atoms with Gasteiger partial charge in [0, 0.05) is 25.7 Å². The van der Waals surface area contributed by atoms with Gasteiger partial charge < -0.3 is 15.5 Å². The molecule has 0 saturated carbocycles. The summed E-state index contributed by atoms with van der Waals surface area (Å²) in [6, 6.07) is 0.419. The van der Waals surface area contributed by atoms with E-state index in [2.05, 4.69) is 43.5 Å². The van der Waals surface area contributed by atoms with Crippen LogP contribution in [-0.4, -0.2) is 50.6 Å². The number of likely N-dealkylation sites (N-methyl/N-ethyl adjacent to an activating group) is 1. The molecule has 0 aromatic rings. The molecule has 1 amide bonds. The number of carbonyl (C=O) groups is 1. The number of amides is 1. The topological polar surface area (TPSA) is 44.4 Å². The molecule has 1 fully saturated rings. The minimum atomic E-state index is 0.194. The molecule has 0 spiro atoms. The Hall–Kier alpha value is -0.610. The molecule has 1 unspecified atom stereocenters. The van der Waals surface area contributed by atoms with E-state index in [4.69, 9.17) is 0 Å². The van der Waals surface area contributed by atoms with Crippen molar-refractivity contribution in [3.8, 4) is 0 Å². The van der Waals surface area contributed by atoms with Gasteiger partial charge >= 0.3 is 0 Å². The Balaban J connectivity index is 2.29. The second-order valence-electron chi connectivity index (χ2n) is 4.88. The zero-order valence-electron chi connectivity index (χ0n) is 10.2. The maximum Gasteiger partial charge on any atom is 0.225 e. The third kappa shape index (κ3) is 3.47. The molecule has 1 aliphatic rings.